The molecule has 0 atom stereocenters. The Hall–Kier alpha value is -3.21. The summed E-state index contributed by atoms with van der Waals surface area (Å²) in [5.74, 6) is 0.113. The van der Waals surface area contributed by atoms with E-state index in [1.807, 2.05) is 43.3 Å². The van der Waals surface area contributed by atoms with Crippen molar-refractivity contribution in [2.24, 2.45) is 10.7 Å². The van der Waals surface area contributed by atoms with Gasteiger partial charge in [0.25, 0.3) is 0 Å². The van der Waals surface area contributed by atoms with Gasteiger partial charge in [0.15, 0.2) is 0 Å². The average molecular weight is 320 g/mol. The first-order valence-electron chi connectivity index (χ1n) is 7.53. The number of hydrogen-bond acceptors (Lipinski definition) is 4. The fraction of sp³-hybridized carbons (Fsp3) is 0.105. The second-order valence-electron chi connectivity index (χ2n) is 5.10. The predicted molar refractivity (Wildman–Crippen MR) is 96.5 cm³/mol. The lowest BCUT2D eigenvalue weighted by Gasteiger charge is -2.08. The number of pyridine rings is 1. The number of nitrogens with one attached hydrogen (secondary N) is 1. The number of nitrogens with zero attached hydrogens (tertiary/aromatic N) is 2. The molecule has 0 saturated heterocycles. The third-order valence-electron chi connectivity index (χ3n) is 3.27. The molecule has 1 amide bonds. The van der Waals surface area contributed by atoms with Crippen molar-refractivity contribution in [3.05, 3.63) is 90.0 Å². The summed E-state index contributed by atoms with van der Waals surface area (Å²) in [6.07, 6.45) is 7.31. The number of carbonyl (C=O) groups excluding carboxylic acids is 1. The van der Waals surface area contributed by atoms with Crippen LogP contribution in [0.4, 0.5) is 0 Å². The van der Waals surface area contributed by atoms with Crippen LogP contribution in [0, 0.1) is 0 Å². The molecule has 5 nitrogen and oxygen atoms in total. The van der Waals surface area contributed by atoms with Crippen LogP contribution in [0.15, 0.2) is 78.3 Å². The zero-order valence-electron chi connectivity index (χ0n) is 13.6. The van der Waals surface area contributed by atoms with Crippen molar-refractivity contribution in [1.82, 2.24) is 10.3 Å². The lowest BCUT2D eigenvalue weighted by atomic mass is 10.1. The molecule has 0 aliphatic carbocycles. The molecule has 5 heteroatoms. The lowest BCUT2D eigenvalue weighted by molar-refractivity contribution is 0.100. The Morgan fingerprint density at radius 1 is 1.29 bits per heavy atom. The average Bonchev–Trinajstić information content (AvgIpc) is 2.60. The maximum absolute atomic E-state index is 11.1. The molecule has 0 bridgehead atoms. The fourth-order valence-corrected chi connectivity index (χ4v) is 2.05. The molecule has 0 saturated carbocycles. The van der Waals surface area contributed by atoms with Crippen LogP contribution in [0.2, 0.25) is 0 Å². The first-order valence-corrected chi connectivity index (χ1v) is 7.53. The molecule has 2 rings (SSSR count). The summed E-state index contributed by atoms with van der Waals surface area (Å²) in [5, 5.41) is 3.15. The van der Waals surface area contributed by atoms with Gasteiger partial charge in [0, 0.05) is 30.1 Å². The Morgan fingerprint density at radius 2 is 2.04 bits per heavy atom. The zero-order chi connectivity index (χ0) is 17.4. The Labute approximate surface area is 141 Å². The molecule has 1 aromatic carbocycles. The van der Waals surface area contributed by atoms with E-state index in [9.17, 15) is 4.79 Å². The number of benzene rings is 1. The number of allylic oxidation sites excluding steroid dienone is 2. The summed E-state index contributed by atoms with van der Waals surface area (Å²) in [4.78, 5) is 19.7. The van der Waals surface area contributed by atoms with Crippen LogP contribution in [-0.2, 0) is 6.54 Å². The monoisotopic (exact) mass is 320 g/mol. The Kier molecular flexibility index (Phi) is 6.02. The van der Waals surface area contributed by atoms with Crippen molar-refractivity contribution in [2.45, 2.75) is 13.5 Å². The van der Waals surface area contributed by atoms with Crippen molar-refractivity contribution in [2.75, 3.05) is 0 Å². The minimum absolute atomic E-state index is 0.434. The molecule has 0 unspecified atom stereocenters. The van der Waals surface area contributed by atoms with Crippen LogP contribution in [0.3, 0.4) is 0 Å². The van der Waals surface area contributed by atoms with Gasteiger partial charge < -0.3 is 11.1 Å². The largest absolute Gasteiger partial charge is 0.366 e. The third-order valence-corrected chi connectivity index (χ3v) is 3.27. The summed E-state index contributed by atoms with van der Waals surface area (Å²) < 4.78 is 0. The van der Waals surface area contributed by atoms with Gasteiger partial charge in [0.05, 0.1) is 5.71 Å². The molecule has 0 aliphatic rings. The lowest BCUT2D eigenvalue weighted by Crippen LogP contribution is -2.13. The fourth-order valence-electron chi connectivity index (χ4n) is 2.05. The molecule has 122 valence electrons. The van der Waals surface area contributed by atoms with Crippen LogP contribution in [0.5, 0.6) is 0 Å². The van der Waals surface area contributed by atoms with Gasteiger partial charge >= 0.3 is 0 Å². The second kappa shape index (κ2) is 8.43. The molecule has 0 fully saturated rings. The number of aliphatic imine (C=N–C) groups is 1. The highest BCUT2D eigenvalue weighted by molar-refractivity contribution is 6.08. The third kappa shape index (κ3) is 4.91. The van der Waals surface area contributed by atoms with E-state index >= 15 is 0 Å². The maximum Gasteiger partial charge on any atom is 0.248 e. The molecule has 0 aliphatic heterocycles. The quantitative estimate of drug-likeness (QED) is 0.770. The summed E-state index contributed by atoms with van der Waals surface area (Å²) in [6.45, 7) is 6.42. The first-order chi connectivity index (χ1) is 11.6. The highest BCUT2D eigenvalue weighted by Crippen LogP contribution is 2.06. The van der Waals surface area contributed by atoms with Crippen LogP contribution < -0.4 is 11.1 Å². The van der Waals surface area contributed by atoms with Gasteiger partial charge in [-0.15, -0.1) is 0 Å². The minimum Gasteiger partial charge on any atom is -0.366 e. The van der Waals surface area contributed by atoms with Crippen LogP contribution in [0.25, 0.3) is 0 Å². The van der Waals surface area contributed by atoms with Gasteiger partial charge in [-0.1, -0.05) is 24.8 Å². The van der Waals surface area contributed by atoms with Crippen molar-refractivity contribution in [1.29, 1.82) is 0 Å². The van der Waals surface area contributed by atoms with Gasteiger partial charge in [-0.25, -0.2) is 4.99 Å². The SMILES string of the molecule is C=C(/N=C(\C=C/C)c1cccnc1)NCc1ccc(C(N)=O)cc1. The Morgan fingerprint density at radius 3 is 2.62 bits per heavy atom. The first kappa shape index (κ1) is 17.1. The molecule has 2 aromatic rings. The minimum atomic E-state index is -0.434. The number of nitrogens with two attached hydrogens (primary N) is 1. The van der Waals surface area contributed by atoms with E-state index in [1.54, 1.807) is 24.5 Å². The van der Waals surface area contributed by atoms with E-state index in [0.29, 0.717) is 17.9 Å². The smallest absolute Gasteiger partial charge is 0.248 e. The number of carbonyl (C=O) groups is 1. The number of aromatic nitrogens is 1. The van der Waals surface area contributed by atoms with E-state index < -0.39 is 5.91 Å². The highest BCUT2D eigenvalue weighted by atomic mass is 16.1. The molecule has 1 heterocycles. The van der Waals surface area contributed by atoms with Crippen molar-refractivity contribution in [3.63, 3.8) is 0 Å². The van der Waals surface area contributed by atoms with Crippen LogP contribution in [-0.4, -0.2) is 16.6 Å². The maximum atomic E-state index is 11.1. The standard InChI is InChI=1S/C19H20N4O/c1-3-5-18(17-6-4-11-21-13-17)23-14(2)22-12-15-7-9-16(10-8-15)19(20)24/h3-11,13,22H,2,12H2,1H3,(H2,20,24)/b5-3-,23-18+. The molecule has 1 aromatic heterocycles. The summed E-state index contributed by atoms with van der Waals surface area (Å²) in [5.41, 5.74) is 8.43. The summed E-state index contributed by atoms with van der Waals surface area (Å²) in [6, 6.07) is 10.9. The van der Waals surface area contributed by atoms with E-state index in [4.69, 9.17) is 5.73 Å². The van der Waals surface area contributed by atoms with Gasteiger partial charge in [-0.05, 0) is 42.8 Å². The number of rotatable bonds is 7. The highest BCUT2D eigenvalue weighted by Gasteiger charge is 2.02. The van der Waals surface area contributed by atoms with Crippen molar-refractivity contribution in [3.8, 4) is 0 Å². The van der Waals surface area contributed by atoms with Crippen molar-refractivity contribution >= 4 is 11.6 Å². The molecule has 24 heavy (non-hydrogen) atoms. The van der Waals surface area contributed by atoms with E-state index in [0.717, 1.165) is 16.8 Å². The van der Waals surface area contributed by atoms with Gasteiger partial charge in [0.2, 0.25) is 5.91 Å². The molecule has 0 spiro atoms. The van der Waals surface area contributed by atoms with Crippen LogP contribution in [0.1, 0.15) is 28.4 Å². The van der Waals surface area contributed by atoms with Crippen LogP contribution >= 0.6 is 0 Å². The summed E-state index contributed by atoms with van der Waals surface area (Å²) >= 11 is 0. The number of primary amides is 1. The molecule has 3 N–H and O–H groups in total. The Bertz CT molecular complexity index is 762. The van der Waals surface area contributed by atoms with Crippen molar-refractivity contribution < 1.29 is 4.79 Å². The van der Waals surface area contributed by atoms with Gasteiger partial charge in [-0.3, -0.25) is 9.78 Å². The molecular formula is C19H20N4O. The van der Waals surface area contributed by atoms with E-state index in [2.05, 4.69) is 21.9 Å². The zero-order valence-corrected chi connectivity index (χ0v) is 13.6. The van der Waals surface area contributed by atoms with E-state index in [-0.39, 0.29) is 0 Å². The normalized spacial score (nSPS) is 11.5. The second-order valence-corrected chi connectivity index (χ2v) is 5.10. The molecule has 0 radical (unpaired) electrons. The number of amides is 1. The van der Waals surface area contributed by atoms with Gasteiger partial charge in [-0.2, -0.15) is 0 Å². The number of hydrogen-bond donors (Lipinski definition) is 2. The predicted octanol–water partition coefficient (Wildman–Crippen LogP) is 2.81. The van der Waals surface area contributed by atoms with E-state index in [1.165, 1.54) is 0 Å². The topological polar surface area (TPSA) is 80.4 Å². The summed E-state index contributed by atoms with van der Waals surface area (Å²) in [7, 11) is 0. The Balaban J connectivity index is 2.04. The molecular weight excluding hydrogens is 300 g/mol. The van der Waals surface area contributed by atoms with Gasteiger partial charge in [0.1, 0.15) is 5.82 Å².